The average Bonchev–Trinajstić information content (AvgIpc) is 3.68. The Morgan fingerprint density at radius 1 is 1.11 bits per heavy atom. The van der Waals surface area contributed by atoms with Crippen LogP contribution in [0.2, 0.25) is 0 Å². The molecule has 2 amide bonds. The van der Waals surface area contributed by atoms with Crippen LogP contribution in [0.25, 0.3) is 0 Å². The van der Waals surface area contributed by atoms with Gasteiger partial charge in [0, 0.05) is 24.5 Å². The molecule has 0 N–H and O–H groups in total. The number of halogens is 1. The molecular formula is C27H30FN3O4S. The molecule has 9 heteroatoms. The Morgan fingerprint density at radius 2 is 1.92 bits per heavy atom. The quantitative estimate of drug-likeness (QED) is 0.430. The van der Waals surface area contributed by atoms with Crippen LogP contribution in [0.1, 0.15) is 39.9 Å². The topological polar surface area (TPSA) is 66.2 Å². The van der Waals surface area contributed by atoms with E-state index in [9.17, 15) is 14.0 Å². The van der Waals surface area contributed by atoms with Crippen molar-refractivity contribution >= 4 is 23.2 Å². The van der Waals surface area contributed by atoms with E-state index < -0.39 is 0 Å². The van der Waals surface area contributed by atoms with Gasteiger partial charge in [-0.3, -0.25) is 9.59 Å². The largest absolute Gasteiger partial charge is 0.491 e. The van der Waals surface area contributed by atoms with Crippen molar-refractivity contribution in [3.05, 3.63) is 76.1 Å². The standard InChI is InChI=1S/C27H30FN3O4S/c28-20-5-7-21(8-6-20)35-19-23-22-10-17-36-25(22)9-13-31(23)26(32)18-30(15-14-29-11-1-2-12-29)27(33)24-4-3-16-34-24/h3-8,10,16-17,23H,1-2,9,11-15,18-19H2. The lowest BCUT2D eigenvalue weighted by Crippen LogP contribution is -2.49. The Bertz CT molecular complexity index is 1160. The van der Waals surface area contributed by atoms with Crippen LogP contribution in [-0.4, -0.2) is 72.4 Å². The van der Waals surface area contributed by atoms with E-state index in [4.69, 9.17) is 9.15 Å². The van der Waals surface area contributed by atoms with E-state index in [1.807, 2.05) is 16.3 Å². The first kappa shape index (κ1) is 24.5. The monoisotopic (exact) mass is 511 g/mol. The molecule has 2 aromatic heterocycles. The summed E-state index contributed by atoms with van der Waals surface area (Å²) in [5.74, 6) is 0.0542. The Hall–Kier alpha value is -3.17. The number of rotatable bonds is 9. The van der Waals surface area contributed by atoms with Gasteiger partial charge >= 0.3 is 0 Å². The number of hydrogen-bond acceptors (Lipinski definition) is 6. The molecule has 0 saturated carbocycles. The zero-order valence-electron chi connectivity index (χ0n) is 20.1. The minimum absolute atomic E-state index is 0.0279. The summed E-state index contributed by atoms with van der Waals surface area (Å²) < 4.78 is 24.6. The molecule has 36 heavy (non-hydrogen) atoms. The van der Waals surface area contributed by atoms with Gasteiger partial charge in [0.15, 0.2) is 5.76 Å². The summed E-state index contributed by atoms with van der Waals surface area (Å²) in [6.07, 6.45) is 4.57. The van der Waals surface area contributed by atoms with Crippen LogP contribution in [-0.2, 0) is 11.2 Å². The van der Waals surface area contributed by atoms with Crippen LogP contribution in [0.4, 0.5) is 4.39 Å². The van der Waals surface area contributed by atoms with E-state index in [0.29, 0.717) is 18.8 Å². The maximum absolute atomic E-state index is 13.7. The van der Waals surface area contributed by atoms with Crippen molar-refractivity contribution in [2.75, 3.05) is 45.9 Å². The highest BCUT2D eigenvalue weighted by molar-refractivity contribution is 7.10. The number of carbonyl (C=O) groups is 2. The summed E-state index contributed by atoms with van der Waals surface area (Å²) in [5, 5.41) is 2.03. The molecule has 1 saturated heterocycles. The summed E-state index contributed by atoms with van der Waals surface area (Å²) in [4.78, 5) is 33.8. The molecule has 4 heterocycles. The van der Waals surface area contributed by atoms with Gasteiger partial charge < -0.3 is 23.9 Å². The molecule has 7 nitrogen and oxygen atoms in total. The number of thiophene rings is 1. The third-order valence-corrected chi connectivity index (χ3v) is 7.86. The lowest BCUT2D eigenvalue weighted by molar-refractivity contribution is -0.135. The smallest absolute Gasteiger partial charge is 0.290 e. The fourth-order valence-electron chi connectivity index (χ4n) is 4.91. The van der Waals surface area contributed by atoms with Gasteiger partial charge in [0.25, 0.3) is 5.91 Å². The van der Waals surface area contributed by atoms with Gasteiger partial charge in [-0.25, -0.2) is 4.39 Å². The number of hydrogen-bond donors (Lipinski definition) is 0. The maximum atomic E-state index is 13.7. The van der Waals surface area contributed by atoms with Crippen LogP contribution in [0.3, 0.4) is 0 Å². The first-order valence-corrected chi connectivity index (χ1v) is 13.3. The van der Waals surface area contributed by atoms with E-state index >= 15 is 0 Å². The second-order valence-electron chi connectivity index (χ2n) is 9.17. The Balaban J connectivity index is 1.31. The van der Waals surface area contributed by atoms with Gasteiger partial charge in [-0.15, -0.1) is 11.3 Å². The number of benzene rings is 1. The normalized spacial score (nSPS) is 17.7. The highest BCUT2D eigenvalue weighted by atomic mass is 32.1. The van der Waals surface area contributed by atoms with Crippen molar-refractivity contribution in [1.29, 1.82) is 0 Å². The van der Waals surface area contributed by atoms with Gasteiger partial charge in [0.05, 0.1) is 12.3 Å². The number of carbonyl (C=O) groups excluding carboxylic acids is 2. The number of ether oxygens (including phenoxy) is 1. The molecule has 1 aromatic carbocycles. The highest BCUT2D eigenvalue weighted by Gasteiger charge is 2.34. The zero-order chi connectivity index (χ0) is 24.9. The fraction of sp³-hybridized carbons (Fsp3) is 0.407. The fourth-order valence-corrected chi connectivity index (χ4v) is 5.84. The molecule has 190 valence electrons. The molecule has 3 aromatic rings. The summed E-state index contributed by atoms with van der Waals surface area (Å²) >= 11 is 1.68. The summed E-state index contributed by atoms with van der Waals surface area (Å²) in [6, 6.07) is 10.9. The SMILES string of the molecule is O=C(c1ccco1)N(CCN1CCCC1)CC(=O)N1CCc2sccc2C1COc1ccc(F)cc1. The number of likely N-dealkylation sites (tertiary alicyclic amines) is 1. The lowest BCUT2D eigenvalue weighted by atomic mass is 10.0. The summed E-state index contributed by atoms with van der Waals surface area (Å²) in [5.41, 5.74) is 1.07. The van der Waals surface area contributed by atoms with Crippen molar-refractivity contribution in [2.45, 2.75) is 25.3 Å². The average molecular weight is 512 g/mol. The van der Waals surface area contributed by atoms with Gasteiger partial charge in [-0.2, -0.15) is 0 Å². The number of nitrogens with zero attached hydrogens (tertiary/aromatic N) is 3. The van der Waals surface area contributed by atoms with E-state index in [1.54, 1.807) is 40.5 Å². The van der Waals surface area contributed by atoms with Crippen LogP contribution in [0.15, 0.2) is 58.5 Å². The Morgan fingerprint density at radius 3 is 2.67 bits per heavy atom. The Labute approximate surface area is 214 Å². The van der Waals surface area contributed by atoms with Crippen molar-refractivity contribution < 1.29 is 23.1 Å². The maximum Gasteiger partial charge on any atom is 0.290 e. The lowest BCUT2D eigenvalue weighted by Gasteiger charge is -2.37. The molecule has 1 atom stereocenters. The van der Waals surface area contributed by atoms with Gasteiger partial charge in [-0.05, 0) is 85.8 Å². The van der Waals surface area contributed by atoms with Crippen LogP contribution < -0.4 is 4.74 Å². The van der Waals surface area contributed by atoms with Crippen molar-refractivity contribution in [1.82, 2.24) is 14.7 Å². The Kier molecular flexibility index (Phi) is 7.67. The number of amides is 2. The summed E-state index contributed by atoms with van der Waals surface area (Å²) in [7, 11) is 0. The van der Waals surface area contributed by atoms with Gasteiger partial charge in [0.2, 0.25) is 5.91 Å². The molecule has 5 rings (SSSR count). The zero-order valence-corrected chi connectivity index (χ0v) is 20.9. The first-order chi connectivity index (χ1) is 17.6. The first-order valence-electron chi connectivity index (χ1n) is 12.4. The predicted molar refractivity (Wildman–Crippen MR) is 135 cm³/mol. The molecule has 1 unspecified atom stereocenters. The van der Waals surface area contributed by atoms with Crippen LogP contribution in [0.5, 0.6) is 5.75 Å². The van der Waals surface area contributed by atoms with Gasteiger partial charge in [0.1, 0.15) is 24.7 Å². The van der Waals surface area contributed by atoms with E-state index in [-0.39, 0.29) is 42.6 Å². The highest BCUT2D eigenvalue weighted by Crippen LogP contribution is 2.34. The number of furan rings is 1. The molecule has 1 fully saturated rings. The second kappa shape index (κ2) is 11.3. The van der Waals surface area contributed by atoms with Crippen LogP contribution in [0, 0.1) is 5.82 Å². The molecule has 0 radical (unpaired) electrons. The van der Waals surface area contributed by atoms with E-state index in [2.05, 4.69) is 4.90 Å². The molecule has 2 aliphatic rings. The molecular weight excluding hydrogens is 481 g/mol. The summed E-state index contributed by atoms with van der Waals surface area (Å²) in [6.45, 7) is 4.00. The van der Waals surface area contributed by atoms with Crippen molar-refractivity contribution in [3.8, 4) is 5.75 Å². The minimum Gasteiger partial charge on any atom is -0.491 e. The van der Waals surface area contributed by atoms with Gasteiger partial charge in [-0.1, -0.05) is 0 Å². The predicted octanol–water partition coefficient (Wildman–Crippen LogP) is 4.22. The van der Waals surface area contributed by atoms with E-state index in [0.717, 1.165) is 44.5 Å². The van der Waals surface area contributed by atoms with E-state index in [1.165, 1.54) is 23.3 Å². The third kappa shape index (κ3) is 5.63. The molecule has 0 spiro atoms. The minimum atomic E-state index is -0.327. The van der Waals surface area contributed by atoms with Crippen LogP contribution >= 0.6 is 11.3 Å². The third-order valence-electron chi connectivity index (χ3n) is 6.87. The van der Waals surface area contributed by atoms with Crippen molar-refractivity contribution in [2.24, 2.45) is 0 Å². The number of fused-ring (bicyclic) bond motifs is 1. The molecule has 0 bridgehead atoms. The van der Waals surface area contributed by atoms with Crippen molar-refractivity contribution in [3.63, 3.8) is 0 Å². The molecule has 2 aliphatic heterocycles. The second-order valence-corrected chi connectivity index (χ2v) is 10.2. The molecule has 0 aliphatic carbocycles.